The van der Waals surface area contributed by atoms with Gasteiger partial charge in [-0.2, -0.15) is 0 Å². The molecule has 7 rings (SSSR count). The number of phenolic OH excluding ortho intramolecular Hbond substituents is 1. The van der Waals surface area contributed by atoms with Crippen molar-refractivity contribution in [2.24, 2.45) is 0 Å². The summed E-state index contributed by atoms with van der Waals surface area (Å²) < 4.78 is 2.69. The first-order valence-electron chi connectivity index (χ1n) is 13.3. The molecule has 0 amide bonds. The average Bonchev–Trinajstić information content (AvgIpc) is 3.38. The third kappa shape index (κ3) is 4.12. The summed E-state index contributed by atoms with van der Waals surface area (Å²) >= 11 is 1.89. The van der Waals surface area contributed by atoms with E-state index in [1.807, 2.05) is 41.7 Å². The number of fused-ring (bicyclic) bond motifs is 3. The zero-order valence-electron chi connectivity index (χ0n) is 21.4. The molecule has 0 fully saturated rings. The molecule has 1 heterocycles. The summed E-state index contributed by atoms with van der Waals surface area (Å²) in [5.74, 6) is 0.267. The van der Waals surface area contributed by atoms with Gasteiger partial charge in [-0.1, -0.05) is 97.1 Å². The monoisotopic (exact) mass is 521 g/mol. The third-order valence-electron chi connectivity index (χ3n) is 7.46. The van der Waals surface area contributed by atoms with Crippen LogP contribution in [0.4, 0.5) is 17.1 Å². The second-order valence-corrected chi connectivity index (χ2v) is 10.8. The zero-order chi connectivity index (χ0) is 26.2. The van der Waals surface area contributed by atoms with E-state index in [4.69, 9.17) is 0 Å². The van der Waals surface area contributed by atoms with Crippen LogP contribution in [0.1, 0.15) is 18.4 Å². The molecule has 188 valence electrons. The fourth-order valence-corrected chi connectivity index (χ4v) is 7.04. The smallest absolute Gasteiger partial charge is 0.125 e. The molecule has 1 aliphatic carbocycles. The van der Waals surface area contributed by atoms with E-state index in [9.17, 15) is 5.11 Å². The molecule has 1 aliphatic rings. The highest BCUT2D eigenvalue weighted by atomic mass is 32.1. The fraction of sp³-hybridized carbons (Fsp3) is 0.0556. The van der Waals surface area contributed by atoms with Crippen LogP contribution in [0.5, 0.6) is 5.75 Å². The zero-order valence-corrected chi connectivity index (χ0v) is 22.2. The van der Waals surface area contributed by atoms with Gasteiger partial charge in [0.25, 0.3) is 0 Å². The van der Waals surface area contributed by atoms with E-state index in [0.717, 1.165) is 41.0 Å². The minimum absolute atomic E-state index is 0.267. The molecule has 0 radical (unpaired) electrons. The molecule has 1 aromatic heterocycles. The van der Waals surface area contributed by atoms with Crippen LogP contribution in [0.25, 0.3) is 32.9 Å². The lowest BCUT2D eigenvalue weighted by atomic mass is 9.94. The Morgan fingerprint density at radius 2 is 1.33 bits per heavy atom. The first-order chi connectivity index (χ1) is 19.3. The second kappa shape index (κ2) is 9.94. The van der Waals surface area contributed by atoms with E-state index in [-0.39, 0.29) is 5.75 Å². The predicted octanol–water partition coefficient (Wildman–Crippen LogP) is 8.52. The van der Waals surface area contributed by atoms with Crippen LogP contribution in [0.3, 0.4) is 0 Å². The first kappa shape index (κ1) is 23.5. The molecule has 0 spiro atoms. The standard InChI is InChI=1S/C36H27NOS/c38-33-23-12-22-32(35(33)25-13-3-1-4-14-25)37(26-15-5-2-6-16-26)31-21-9-7-17-27(31)29-19-11-20-30-28-18-8-10-24-34(28)39-36(29)30/h1-10,12-18,20-24,38H,11,19H2. The molecule has 0 bridgehead atoms. The maximum atomic E-state index is 11.2. The lowest BCUT2D eigenvalue weighted by molar-refractivity contribution is 0.477. The van der Waals surface area contributed by atoms with Gasteiger partial charge >= 0.3 is 0 Å². The number of rotatable bonds is 5. The van der Waals surface area contributed by atoms with Crippen molar-refractivity contribution in [2.75, 3.05) is 4.90 Å². The summed E-state index contributed by atoms with van der Waals surface area (Å²) in [5.41, 5.74) is 7.51. The normalized spacial score (nSPS) is 12.7. The van der Waals surface area contributed by atoms with E-state index in [1.54, 1.807) is 6.07 Å². The van der Waals surface area contributed by atoms with Crippen molar-refractivity contribution in [1.82, 2.24) is 0 Å². The molecule has 0 aliphatic heterocycles. The largest absolute Gasteiger partial charge is 0.507 e. The molecular weight excluding hydrogens is 494 g/mol. The van der Waals surface area contributed by atoms with Gasteiger partial charge in [-0.15, -0.1) is 11.3 Å². The predicted molar refractivity (Wildman–Crippen MR) is 166 cm³/mol. The van der Waals surface area contributed by atoms with Crippen molar-refractivity contribution in [3.05, 3.63) is 143 Å². The highest BCUT2D eigenvalue weighted by molar-refractivity contribution is 7.17. The molecule has 3 heteroatoms. The fourth-order valence-electron chi connectivity index (χ4n) is 5.75. The Morgan fingerprint density at radius 3 is 2.18 bits per heavy atom. The summed E-state index contributed by atoms with van der Waals surface area (Å²) in [5, 5.41) is 13.9. The van der Waals surface area contributed by atoms with Crippen LogP contribution in [-0.2, 0) is 0 Å². The van der Waals surface area contributed by atoms with E-state index in [2.05, 4.69) is 102 Å². The van der Waals surface area contributed by atoms with Gasteiger partial charge in [-0.05, 0) is 71.0 Å². The van der Waals surface area contributed by atoms with E-state index < -0.39 is 0 Å². The van der Waals surface area contributed by atoms with Gasteiger partial charge in [-0.3, -0.25) is 0 Å². The number of phenols is 1. The molecule has 0 atom stereocenters. The van der Waals surface area contributed by atoms with E-state index >= 15 is 0 Å². The van der Waals surface area contributed by atoms with Gasteiger partial charge in [0.1, 0.15) is 5.75 Å². The number of para-hydroxylation sites is 2. The molecule has 0 saturated carbocycles. The Balaban J connectivity index is 1.53. The number of aromatic hydroxyl groups is 1. The van der Waals surface area contributed by atoms with Crippen molar-refractivity contribution in [2.45, 2.75) is 12.8 Å². The number of anilines is 3. The lowest BCUT2D eigenvalue weighted by Crippen LogP contribution is -2.25. The van der Waals surface area contributed by atoms with Crippen molar-refractivity contribution < 1.29 is 5.11 Å². The van der Waals surface area contributed by atoms with Crippen molar-refractivity contribution in [3.63, 3.8) is 0 Å². The number of hydrogen-bond acceptors (Lipinski definition) is 3. The summed E-state index contributed by atoms with van der Waals surface area (Å²) in [7, 11) is 0. The van der Waals surface area contributed by atoms with Crippen LogP contribution < -0.4 is 14.7 Å². The topological polar surface area (TPSA) is 23.5 Å². The number of benzene rings is 5. The SMILES string of the molecule is Oc1cccc(N(c2ccccc2)c2ccccc2C2=c3sc4ccccc4c3=CCC2)c1-c1ccccc1. The van der Waals surface area contributed by atoms with Crippen molar-refractivity contribution in [1.29, 1.82) is 0 Å². The van der Waals surface area contributed by atoms with Gasteiger partial charge in [0.2, 0.25) is 0 Å². The van der Waals surface area contributed by atoms with Gasteiger partial charge in [0.15, 0.2) is 0 Å². The first-order valence-corrected chi connectivity index (χ1v) is 14.1. The van der Waals surface area contributed by atoms with Crippen LogP contribution in [-0.4, -0.2) is 5.11 Å². The van der Waals surface area contributed by atoms with Crippen molar-refractivity contribution >= 4 is 50.1 Å². The van der Waals surface area contributed by atoms with Gasteiger partial charge in [0.05, 0.1) is 11.4 Å². The van der Waals surface area contributed by atoms with Gasteiger partial charge < -0.3 is 10.0 Å². The van der Waals surface area contributed by atoms with E-state index in [0.29, 0.717) is 0 Å². The Labute approximate surface area is 232 Å². The molecule has 5 aromatic carbocycles. The second-order valence-electron chi connectivity index (χ2n) is 9.79. The Kier molecular flexibility index (Phi) is 5.99. The minimum atomic E-state index is 0.267. The molecule has 6 aromatic rings. The quantitative estimate of drug-likeness (QED) is 0.246. The van der Waals surface area contributed by atoms with Crippen molar-refractivity contribution in [3.8, 4) is 16.9 Å². The Hall–Kier alpha value is -4.60. The summed E-state index contributed by atoms with van der Waals surface area (Å²) in [6.07, 6.45) is 4.41. The summed E-state index contributed by atoms with van der Waals surface area (Å²) in [6, 6.07) is 43.9. The molecule has 0 saturated heterocycles. The van der Waals surface area contributed by atoms with Gasteiger partial charge in [0, 0.05) is 26.0 Å². The average molecular weight is 522 g/mol. The third-order valence-corrected chi connectivity index (χ3v) is 8.71. The lowest BCUT2D eigenvalue weighted by Gasteiger charge is -2.30. The summed E-state index contributed by atoms with van der Waals surface area (Å²) in [4.78, 5) is 2.30. The number of thiophene rings is 1. The molecular formula is C36H27NOS. The van der Waals surface area contributed by atoms with Crippen LogP contribution in [0.2, 0.25) is 0 Å². The molecule has 2 nitrogen and oxygen atoms in total. The minimum Gasteiger partial charge on any atom is -0.507 e. The molecule has 0 unspecified atom stereocenters. The van der Waals surface area contributed by atoms with Crippen LogP contribution in [0, 0.1) is 0 Å². The van der Waals surface area contributed by atoms with E-state index in [1.165, 1.54) is 31.0 Å². The number of nitrogens with zero attached hydrogens (tertiary/aromatic N) is 1. The Morgan fingerprint density at radius 1 is 0.641 bits per heavy atom. The summed E-state index contributed by atoms with van der Waals surface area (Å²) in [6.45, 7) is 0. The molecule has 1 N–H and O–H groups in total. The molecule has 39 heavy (non-hydrogen) atoms. The number of hydrogen-bond donors (Lipinski definition) is 1. The highest BCUT2D eigenvalue weighted by Crippen LogP contribution is 2.46. The highest BCUT2D eigenvalue weighted by Gasteiger charge is 2.23. The van der Waals surface area contributed by atoms with Crippen LogP contribution >= 0.6 is 11.3 Å². The van der Waals surface area contributed by atoms with Gasteiger partial charge in [-0.25, -0.2) is 0 Å². The maximum Gasteiger partial charge on any atom is 0.125 e. The van der Waals surface area contributed by atoms with Crippen LogP contribution in [0.15, 0.2) is 127 Å². The maximum absolute atomic E-state index is 11.2. The Bertz CT molecular complexity index is 1920.